The number of hydrogen-bond donors (Lipinski definition) is 2. The van der Waals surface area contributed by atoms with E-state index in [-0.39, 0.29) is 42.4 Å². The number of aromatic amines is 1. The zero-order chi connectivity index (χ0) is 35.1. The van der Waals surface area contributed by atoms with Gasteiger partial charge in [-0.15, -0.1) is 10.2 Å². The Morgan fingerprint density at radius 2 is 1.53 bits per heavy atom. The molecular weight excluding hydrogens is 650 g/mol. The van der Waals surface area contributed by atoms with Crippen LogP contribution in [0, 0.1) is 17.2 Å². The summed E-state index contributed by atoms with van der Waals surface area (Å²) in [4.78, 5) is 46.2. The molecule has 0 bridgehead atoms. The van der Waals surface area contributed by atoms with Crippen LogP contribution in [0.15, 0.2) is 36.4 Å². The Labute approximate surface area is 296 Å². The molecule has 2 aromatic carbocycles. The fourth-order valence-electron chi connectivity index (χ4n) is 8.72. The number of likely N-dealkylation sites (tertiary alicyclic amines) is 1. The molecule has 0 spiro atoms. The summed E-state index contributed by atoms with van der Waals surface area (Å²) >= 11 is 0. The average molecular weight is 694 g/mol. The third-order valence-electron chi connectivity index (χ3n) is 11.4. The van der Waals surface area contributed by atoms with E-state index in [0.29, 0.717) is 94.7 Å². The van der Waals surface area contributed by atoms with E-state index >= 15 is 0 Å². The number of rotatable bonds is 8. The van der Waals surface area contributed by atoms with Crippen LogP contribution in [0.1, 0.15) is 75.0 Å². The number of benzene rings is 2. The molecular formula is C37H43N9O5. The van der Waals surface area contributed by atoms with Crippen molar-refractivity contribution in [2.75, 3.05) is 59.2 Å². The van der Waals surface area contributed by atoms with Crippen molar-refractivity contribution in [1.82, 2.24) is 40.6 Å². The first kappa shape index (κ1) is 33.4. The van der Waals surface area contributed by atoms with Gasteiger partial charge in [0.2, 0.25) is 5.91 Å². The van der Waals surface area contributed by atoms with Crippen LogP contribution in [0.4, 0.5) is 0 Å². The van der Waals surface area contributed by atoms with Gasteiger partial charge in [-0.2, -0.15) is 10.5 Å². The third kappa shape index (κ3) is 6.17. The van der Waals surface area contributed by atoms with Crippen molar-refractivity contribution in [3.63, 3.8) is 0 Å². The number of carbonyl (C=O) groups excluding carboxylic acids is 3. The number of piperidine rings is 1. The van der Waals surface area contributed by atoms with Crippen LogP contribution in [-0.2, 0) is 32.5 Å². The Hall–Kier alpha value is -4.71. The number of nitrogens with zero attached hydrogens (tertiary/aromatic N) is 7. The lowest BCUT2D eigenvalue weighted by Gasteiger charge is -2.37. The van der Waals surface area contributed by atoms with Gasteiger partial charge in [0.05, 0.1) is 44.5 Å². The molecule has 8 rings (SSSR count). The van der Waals surface area contributed by atoms with E-state index in [1.54, 1.807) is 4.90 Å². The predicted octanol–water partition coefficient (Wildman–Crippen LogP) is 1.46. The summed E-state index contributed by atoms with van der Waals surface area (Å²) in [7, 11) is 0. The highest BCUT2D eigenvalue weighted by atomic mass is 16.5. The number of aryl methyl sites for hydroxylation is 2. The fourth-order valence-corrected chi connectivity index (χ4v) is 8.72. The highest BCUT2D eigenvalue weighted by Crippen LogP contribution is 2.48. The van der Waals surface area contributed by atoms with Gasteiger partial charge in [-0.05, 0) is 91.5 Å². The Morgan fingerprint density at radius 1 is 0.941 bits per heavy atom. The van der Waals surface area contributed by atoms with Crippen LogP contribution in [0.5, 0.6) is 0 Å². The van der Waals surface area contributed by atoms with E-state index in [0.717, 1.165) is 35.1 Å². The number of nitriles is 1. The maximum absolute atomic E-state index is 13.7. The molecule has 0 radical (unpaired) electrons. The zero-order valence-electron chi connectivity index (χ0n) is 28.8. The summed E-state index contributed by atoms with van der Waals surface area (Å²) in [5.41, 5.74) is 4.19. The molecule has 3 amide bonds. The SMILES string of the molecule is C[C@H](CC1(c2nn[nH]n2)c2ccc(C(=O)N3CCOCC3)cc2CCc2cc(C(=O)N3CCOCC3)ccc21)NCC(=O)N1[C@H](C#N)C[C@@H]2C[C@@H]21. The lowest BCUT2D eigenvalue weighted by Crippen LogP contribution is -2.46. The lowest BCUT2D eigenvalue weighted by atomic mass is 9.67. The van der Waals surface area contributed by atoms with Crippen molar-refractivity contribution in [2.24, 2.45) is 5.92 Å². The molecule has 14 heteroatoms. The molecule has 3 aliphatic heterocycles. The molecule has 2 aliphatic carbocycles. The molecule has 51 heavy (non-hydrogen) atoms. The number of ether oxygens (including phenoxy) is 2. The van der Waals surface area contributed by atoms with Crippen LogP contribution in [0.25, 0.3) is 0 Å². The first-order valence-corrected chi connectivity index (χ1v) is 18.1. The van der Waals surface area contributed by atoms with Crippen molar-refractivity contribution < 1.29 is 23.9 Å². The van der Waals surface area contributed by atoms with E-state index in [9.17, 15) is 19.6 Å². The molecule has 5 aliphatic rings. The monoisotopic (exact) mass is 693 g/mol. The van der Waals surface area contributed by atoms with Crippen molar-refractivity contribution in [3.8, 4) is 6.07 Å². The van der Waals surface area contributed by atoms with Crippen LogP contribution >= 0.6 is 0 Å². The van der Waals surface area contributed by atoms with E-state index in [1.807, 2.05) is 53.1 Å². The van der Waals surface area contributed by atoms with Crippen LogP contribution in [0.2, 0.25) is 0 Å². The number of hydrogen-bond acceptors (Lipinski definition) is 10. The van der Waals surface area contributed by atoms with Crippen LogP contribution in [-0.4, -0.2) is 130 Å². The van der Waals surface area contributed by atoms with Gasteiger partial charge in [0.1, 0.15) is 6.04 Å². The molecule has 0 unspecified atom stereocenters. The standard InChI is InChI=1S/C37H43N9O5/c1-23(39-22-33(47)46-29(21-38)18-28-19-32(28)46)20-37(36-40-42-43-41-36)30-6-4-26(34(48)44-8-12-50-13-9-44)16-24(30)2-3-25-17-27(5-7-31(25)37)35(49)45-10-14-51-15-11-45/h4-7,16-17,23,28-29,32,39H,2-3,8-15,18-20,22H2,1H3,(H,40,41,42,43)/t23-,28-,29+,32+/m1/s1. The number of aromatic nitrogens is 4. The molecule has 3 aromatic rings. The van der Waals surface area contributed by atoms with E-state index < -0.39 is 5.41 Å². The second-order valence-corrected chi connectivity index (χ2v) is 14.4. The summed E-state index contributed by atoms with van der Waals surface area (Å²) in [6, 6.07) is 13.7. The Bertz CT molecular complexity index is 1770. The minimum Gasteiger partial charge on any atom is -0.378 e. The highest BCUT2D eigenvalue weighted by Gasteiger charge is 2.54. The molecule has 1 aromatic heterocycles. The third-order valence-corrected chi connectivity index (χ3v) is 11.4. The first-order valence-electron chi connectivity index (χ1n) is 18.1. The zero-order valence-corrected chi connectivity index (χ0v) is 28.8. The number of tetrazole rings is 1. The summed E-state index contributed by atoms with van der Waals surface area (Å²) in [6.07, 6.45) is 3.45. The molecule has 2 N–H and O–H groups in total. The number of carbonyl (C=O) groups is 3. The number of amides is 3. The number of H-pyrrole nitrogens is 1. The van der Waals surface area contributed by atoms with Crippen molar-refractivity contribution in [2.45, 2.75) is 62.6 Å². The first-order chi connectivity index (χ1) is 24.9. The summed E-state index contributed by atoms with van der Waals surface area (Å²) in [5, 5.41) is 29.0. The molecule has 3 saturated heterocycles. The van der Waals surface area contributed by atoms with Crippen LogP contribution < -0.4 is 5.32 Å². The minimum absolute atomic E-state index is 0.0320. The van der Waals surface area contributed by atoms with Gasteiger partial charge < -0.3 is 29.5 Å². The maximum atomic E-state index is 13.7. The predicted molar refractivity (Wildman–Crippen MR) is 183 cm³/mol. The van der Waals surface area contributed by atoms with Gasteiger partial charge in [0.25, 0.3) is 11.8 Å². The number of fused-ring (bicyclic) bond motifs is 3. The highest BCUT2D eigenvalue weighted by molar-refractivity contribution is 5.95. The van der Waals surface area contributed by atoms with Gasteiger partial charge in [-0.25, -0.2) is 0 Å². The second-order valence-electron chi connectivity index (χ2n) is 14.4. The topological polar surface area (TPSA) is 170 Å². The van der Waals surface area contributed by atoms with Crippen LogP contribution in [0.3, 0.4) is 0 Å². The second kappa shape index (κ2) is 13.8. The lowest BCUT2D eigenvalue weighted by molar-refractivity contribution is -0.131. The Kier molecular flexibility index (Phi) is 9.03. The van der Waals surface area contributed by atoms with Gasteiger partial charge >= 0.3 is 0 Å². The quantitative estimate of drug-likeness (QED) is 0.352. The molecule has 266 valence electrons. The Morgan fingerprint density at radius 3 is 2.06 bits per heavy atom. The summed E-state index contributed by atoms with van der Waals surface area (Å²) < 4.78 is 11.0. The molecule has 1 saturated carbocycles. The van der Waals surface area contributed by atoms with Crippen molar-refractivity contribution in [1.29, 1.82) is 5.26 Å². The van der Waals surface area contributed by atoms with E-state index in [4.69, 9.17) is 9.47 Å². The fraction of sp³-hybridized carbons (Fsp3) is 0.541. The smallest absolute Gasteiger partial charge is 0.254 e. The van der Waals surface area contributed by atoms with Gasteiger partial charge in [0, 0.05) is 49.4 Å². The minimum atomic E-state index is -0.935. The largest absolute Gasteiger partial charge is 0.378 e. The van der Waals surface area contributed by atoms with Crippen molar-refractivity contribution in [3.05, 3.63) is 75.6 Å². The summed E-state index contributed by atoms with van der Waals surface area (Å²) in [6.45, 7) is 6.39. The number of nitrogens with one attached hydrogen (secondary N) is 2. The Balaban J connectivity index is 1.17. The summed E-state index contributed by atoms with van der Waals surface area (Å²) in [5.74, 6) is 0.782. The van der Waals surface area contributed by atoms with Gasteiger partial charge in [-0.1, -0.05) is 17.3 Å². The average Bonchev–Trinajstić information content (AvgIpc) is 3.55. The maximum Gasteiger partial charge on any atom is 0.254 e. The molecule has 4 fully saturated rings. The molecule has 4 atom stereocenters. The van der Waals surface area contributed by atoms with E-state index in [1.165, 1.54) is 0 Å². The van der Waals surface area contributed by atoms with Gasteiger partial charge in [-0.3, -0.25) is 14.4 Å². The number of morpholine rings is 2. The van der Waals surface area contributed by atoms with Gasteiger partial charge in [0.15, 0.2) is 5.82 Å². The molecule has 4 heterocycles. The van der Waals surface area contributed by atoms with Crippen molar-refractivity contribution >= 4 is 17.7 Å². The normalized spacial score (nSPS) is 24.1. The van der Waals surface area contributed by atoms with E-state index in [2.05, 4.69) is 32.0 Å². The molecule has 14 nitrogen and oxygen atoms in total.